The van der Waals surface area contributed by atoms with Crippen LogP contribution in [-0.4, -0.2) is 100 Å². The van der Waals surface area contributed by atoms with Gasteiger partial charge in [0.2, 0.25) is 17.8 Å². The number of hydrogen-bond donors (Lipinski definition) is 1. The molecule has 2 saturated heterocycles. The van der Waals surface area contributed by atoms with E-state index in [1.165, 1.54) is 13.2 Å². The first-order valence-electron chi connectivity index (χ1n) is 11.1. The number of imidazole rings is 1. The molecule has 1 aromatic carbocycles. The number of piperazine rings is 1. The number of para-hydroxylation sites is 1. The number of halogens is 2. The number of benzene rings is 1. The van der Waals surface area contributed by atoms with Gasteiger partial charge >= 0.3 is 6.09 Å². The molecule has 4 heterocycles. The Morgan fingerprint density at radius 1 is 0.971 bits per heavy atom. The van der Waals surface area contributed by atoms with Crippen molar-refractivity contribution in [2.45, 2.75) is 6.43 Å². The molecule has 12 nitrogen and oxygen atoms in total. The molecule has 186 valence electrons. The number of amides is 1. The number of aromatic hydroxyl groups is 1. The normalized spacial score (nSPS) is 16.9. The number of ether oxygens (including phenoxy) is 2. The van der Waals surface area contributed by atoms with Crippen LogP contribution < -0.4 is 9.80 Å². The first-order chi connectivity index (χ1) is 17.0. The fraction of sp³-hybridized carbons (Fsp3) is 0.476. The number of carbonyl (C=O) groups excluding carboxylic acids is 1. The summed E-state index contributed by atoms with van der Waals surface area (Å²) in [5.41, 5.74) is 0.283. The van der Waals surface area contributed by atoms with Gasteiger partial charge in [-0.2, -0.15) is 15.0 Å². The van der Waals surface area contributed by atoms with Gasteiger partial charge in [-0.05, 0) is 12.1 Å². The van der Waals surface area contributed by atoms with Gasteiger partial charge in [-0.25, -0.2) is 18.6 Å². The van der Waals surface area contributed by atoms with Crippen molar-refractivity contribution in [3.63, 3.8) is 0 Å². The van der Waals surface area contributed by atoms with E-state index in [9.17, 15) is 18.7 Å². The minimum absolute atomic E-state index is 0.0318. The number of nitrogens with zero attached hydrogens (tertiary/aromatic N) is 8. The Hall–Kier alpha value is -3.81. The molecule has 35 heavy (non-hydrogen) atoms. The number of rotatable bonds is 4. The second kappa shape index (κ2) is 9.44. The van der Waals surface area contributed by atoms with Crippen molar-refractivity contribution in [2.75, 3.05) is 69.4 Å². The maximum Gasteiger partial charge on any atom is 0.409 e. The fourth-order valence-electron chi connectivity index (χ4n) is 4.17. The molecule has 0 aliphatic carbocycles. The zero-order valence-electron chi connectivity index (χ0n) is 19.0. The predicted octanol–water partition coefficient (Wildman–Crippen LogP) is 1.58. The van der Waals surface area contributed by atoms with Crippen molar-refractivity contribution < 1.29 is 28.2 Å². The molecule has 0 saturated carbocycles. The number of phenolic OH excluding ortho intramolecular Hbond substituents is 1. The summed E-state index contributed by atoms with van der Waals surface area (Å²) in [5.74, 6) is -0.212. The molecule has 0 radical (unpaired) electrons. The summed E-state index contributed by atoms with van der Waals surface area (Å²) < 4.78 is 39.4. The Morgan fingerprint density at radius 2 is 1.60 bits per heavy atom. The van der Waals surface area contributed by atoms with Crippen LogP contribution in [0.1, 0.15) is 12.2 Å². The number of fused-ring (bicyclic) bond motifs is 1. The lowest BCUT2D eigenvalue weighted by Crippen LogP contribution is -2.49. The molecule has 2 aliphatic rings. The number of morpholine rings is 1. The van der Waals surface area contributed by atoms with Crippen molar-refractivity contribution in [3.05, 3.63) is 24.0 Å². The Morgan fingerprint density at radius 3 is 2.23 bits per heavy atom. The zero-order valence-corrected chi connectivity index (χ0v) is 19.0. The van der Waals surface area contributed by atoms with Crippen LogP contribution in [-0.2, 0) is 9.47 Å². The van der Waals surface area contributed by atoms with E-state index in [2.05, 4.69) is 19.9 Å². The number of methoxy groups -OCH3 is 1. The maximum atomic E-state index is 14.0. The first kappa shape index (κ1) is 23.0. The smallest absolute Gasteiger partial charge is 0.409 e. The summed E-state index contributed by atoms with van der Waals surface area (Å²) in [6.45, 7) is 3.67. The summed E-state index contributed by atoms with van der Waals surface area (Å²) >= 11 is 0. The molecule has 0 unspecified atom stereocenters. The SMILES string of the molecule is COC(=O)N1CCN(c2nc(N3CCOCC3)nc(-n3c(C(F)F)nc4c(O)cccc43)n2)CC1. The standard InChI is InChI=1S/C21H24F2N8O4/c1-34-21(33)30-7-5-28(6-8-30)18-25-19(29-9-11-35-12-10-29)27-20(26-18)31-13-3-2-4-14(32)15(13)24-17(31)16(22)23/h2-4,16,32H,5-12H2,1H3. The molecular weight excluding hydrogens is 466 g/mol. The average Bonchev–Trinajstić information content (AvgIpc) is 3.30. The van der Waals surface area contributed by atoms with Crippen molar-refractivity contribution >= 4 is 29.0 Å². The van der Waals surface area contributed by atoms with Gasteiger partial charge in [-0.1, -0.05) is 6.07 Å². The highest BCUT2D eigenvalue weighted by molar-refractivity contribution is 5.83. The summed E-state index contributed by atoms with van der Waals surface area (Å²) in [6.07, 6.45) is -3.35. The maximum absolute atomic E-state index is 14.0. The summed E-state index contributed by atoms with van der Waals surface area (Å²) in [6, 6.07) is 4.50. The second-order valence-electron chi connectivity index (χ2n) is 8.03. The Balaban J connectivity index is 1.60. The zero-order chi connectivity index (χ0) is 24.5. The van der Waals surface area contributed by atoms with Crippen molar-refractivity contribution in [2.24, 2.45) is 0 Å². The largest absolute Gasteiger partial charge is 0.506 e. The number of phenols is 1. The van der Waals surface area contributed by atoms with Gasteiger partial charge in [0.25, 0.3) is 6.43 Å². The molecule has 2 aromatic heterocycles. The summed E-state index contributed by atoms with van der Waals surface area (Å²) in [7, 11) is 1.33. The van der Waals surface area contributed by atoms with Crippen LogP contribution in [0.3, 0.4) is 0 Å². The molecule has 3 aromatic rings. The minimum atomic E-state index is -2.93. The highest BCUT2D eigenvalue weighted by atomic mass is 19.3. The molecule has 2 fully saturated rings. The Bertz CT molecular complexity index is 1230. The molecule has 5 rings (SSSR count). The van der Waals surface area contributed by atoms with Gasteiger partial charge in [0.15, 0.2) is 5.82 Å². The quantitative estimate of drug-likeness (QED) is 0.577. The average molecular weight is 490 g/mol. The minimum Gasteiger partial charge on any atom is -0.506 e. The molecule has 0 spiro atoms. The van der Waals surface area contributed by atoms with E-state index >= 15 is 0 Å². The molecule has 2 aliphatic heterocycles. The van der Waals surface area contributed by atoms with Gasteiger partial charge in [-0.15, -0.1) is 0 Å². The third-order valence-corrected chi connectivity index (χ3v) is 5.97. The third-order valence-electron chi connectivity index (χ3n) is 5.97. The molecular formula is C21H24F2N8O4. The highest BCUT2D eigenvalue weighted by Gasteiger charge is 2.28. The van der Waals surface area contributed by atoms with Crippen molar-refractivity contribution in [1.82, 2.24) is 29.4 Å². The van der Waals surface area contributed by atoms with E-state index in [4.69, 9.17) is 9.47 Å². The number of carbonyl (C=O) groups is 1. The van der Waals surface area contributed by atoms with Crippen molar-refractivity contribution in [3.8, 4) is 11.7 Å². The third kappa shape index (κ3) is 4.36. The van der Waals surface area contributed by atoms with Gasteiger partial charge in [0, 0.05) is 39.3 Å². The van der Waals surface area contributed by atoms with Gasteiger partial charge in [-0.3, -0.25) is 4.57 Å². The summed E-state index contributed by atoms with van der Waals surface area (Å²) in [4.78, 5) is 34.8. The molecule has 0 bridgehead atoms. The second-order valence-corrected chi connectivity index (χ2v) is 8.03. The van der Waals surface area contributed by atoms with Gasteiger partial charge < -0.3 is 29.3 Å². The van der Waals surface area contributed by atoms with Crippen LogP contribution in [0.5, 0.6) is 5.75 Å². The fourth-order valence-corrected chi connectivity index (χ4v) is 4.17. The number of alkyl halides is 2. The van der Waals surface area contributed by atoms with Gasteiger partial charge in [0.1, 0.15) is 11.3 Å². The summed E-state index contributed by atoms with van der Waals surface area (Å²) in [5, 5.41) is 10.2. The van der Waals surface area contributed by atoms with Gasteiger partial charge in [0.05, 0.1) is 25.8 Å². The molecule has 1 amide bonds. The van der Waals surface area contributed by atoms with E-state index in [-0.39, 0.29) is 22.7 Å². The Labute approximate surface area is 198 Å². The number of aromatic nitrogens is 5. The number of anilines is 2. The molecule has 0 atom stereocenters. The lowest BCUT2D eigenvalue weighted by Gasteiger charge is -2.34. The predicted molar refractivity (Wildman–Crippen MR) is 120 cm³/mol. The molecule has 14 heteroatoms. The topological polar surface area (TPSA) is 122 Å². The highest BCUT2D eigenvalue weighted by Crippen LogP contribution is 2.32. The Kier molecular flexibility index (Phi) is 6.19. The van der Waals surface area contributed by atoms with E-state index < -0.39 is 18.3 Å². The van der Waals surface area contributed by atoms with E-state index in [1.54, 1.807) is 17.0 Å². The van der Waals surface area contributed by atoms with Crippen LogP contribution in [0.4, 0.5) is 25.5 Å². The first-order valence-corrected chi connectivity index (χ1v) is 11.1. The van der Waals surface area contributed by atoms with E-state index in [0.717, 1.165) is 4.57 Å². The van der Waals surface area contributed by atoms with Crippen molar-refractivity contribution in [1.29, 1.82) is 0 Å². The van der Waals surface area contributed by atoms with E-state index in [1.807, 2.05) is 9.80 Å². The van der Waals surface area contributed by atoms with Crippen LogP contribution in [0.15, 0.2) is 18.2 Å². The van der Waals surface area contributed by atoms with Crippen LogP contribution in [0.25, 0.3) is 17.0 Å². The lowest BCUT2D eigenvalue weighted by molar-refractivity contribution is 0.121. The molecule has 1 N–H and O–H groups in total. The van der Waals surface area contributed by atoms with Crippen LogP contribution >= 0.6 is 0 Å². The van der Waals surface area contributed by atoms with Crippen LogP contribution in [0.2, 0.25) is 0 Å². The monoisotopic (exact) mass is 490 g/mol. The van der Waals surface area contributed by atoms with E-state index in [0.29, 0.717) is 64.4 Å². The van der Waals surface area contributed by atoms with Crippen LogP contribution in [0, 0.1) is 0 Å². The lowest BCUT2D eigenvalue weighted by atomic mass is 10.3. The number of hydrogen-bond acceptors (Lipinski definition) is 10.